The van der Waals surface area contributed by atoms with Crippen LogP contribution in [0.1, 0.15) is 37.4 Å². The molecule has 1 fully saturated rings. The van der Waals surface area contributed by atoms with Gasteiger partial charge in [-0.3, -0.25) is 9.97 Å². The zero-order valence-electron chi connectivity index (χ0n) is 11.4. The van der Waals surface area contributed by atoms with Gasteiger partial charge in [0.2, 0.25) is 0 Å². The second kappa shape index (κ2) is 3.66. The first-order chi connectivity index (χ1) is 9.16. The maximum absolute atomic E-state index is 4.94. The van der Waals surface area contributed by atoms with Crippen LogP contribution in [0.2, 0.25) is 0 Å². The van der Waals surface area contributed by atoms with Gasteiger partial charge in [-0.2, -0.15) is 0 Å². The SMILES string of the molecule is CC1(C)C2Cc3ccc(-c4ccccn4)nc3C1C2. The maximum Gasteiger partial charge on any atom is 0.0889 e. The van der Waals surface area contributed by atoms with Crippen LogP contribution < -0.4 is 0 Å². The molecule has 2 unspecified atom stereocenters. The Hall–Kier alpha value is -1.70. The number of nitrogens with zero attached hydrogens (tertiary/aromatic N) is 2. The fourth-order valence-corrected chi connectivity index (χ4v) is 3.73. The molecule has 0 spiro atoms. The van der Waals surface area contributed by atoms with Gasteiger partial charge in [-0.05, 0) is 47.9 Å². The fraction of sp³-hybridized carbons (Fsp3) is 0.412. The summed E-state index contributed by atoms with van der Waals surface area (Å²) in [7, 11) is 0. The average Bonchev–Trinajstić information content (AvgIpc) is 2.46. The van der Waals surface area contributed by atoms with Crippen molar-refractivity contribution in [3.8, 4) is 11.4 Å². The molecule has 0 radical (unpaired) electrons. The lowest BCUT2D eigenvalue weighted by molar-refractivity contribution is 0.0156. The Labute approximate surface area is 113 Å². The lowest BCUT2D eigenvalue weighted by atomic mass is 9.48. The molecule has 0 aromatic carbocycles. The van der Waals surface area contributed by atoms with Crippen molar-refractivity contribution in [1.29, 1.82) is 0 Å². The van der Waals surface area contributed by atoms with Gasteiger partial charge in [0.05, 0.1) is 11.4 Å². The maximum atomic E-state index is 4.94. The molecule has 0 saturated heterocycles. The predicted molar refractivity (Wildman–Crippen MR) is 75.8 cm³/mol. The van der Waals surface area contributed by atoms with Crippen molar-refractivity contribution in [3.63, 3.8) is 0 Å². The molecule has 2 aromatic rings. The number of pyridine rings is 2. The van der Waals surface area contributed by atoms with Crippen LogP contribution in [0, 0.1) is 11.3 Å². The van der Waals surface area contributed by atoms with Gasteiger partial charge in [0.25, 0.3) is 0 Å². The van der Waals surface area contributed by atoms with E-state index in [1.54, 1.807) is 0 Å². The van der Waals surface area contributed by atoms with E-state index < -0.39 is 0 Å². The minimum absolute atomic E-state index is 0.433. The Kier molecular flexibility index (Phi) is 2.15. The number of hydrogen-bond acceptors (Lipinski definition) is 2. The molecule has 3 aliphatic rings. The summed E-state index contributed by atoms with van der Waals surface area (Å²) in [6.07, 6.45) is 4.35. The standard InChI is InChI=1S/C17H18N2/c1-17(2)12-9-11-6-7-15(14-5-3-4-8-18-14)19-16(11)13(17)10-12/h3-8,12-13H,9-10H2,1-2H3. The molecule has 2 nitrogen and oxygen atoms in total. The molecule has 96 valence electrons. The van der Waals surface area contributed by atoms with Crippen LogP contribution in [0.4, 0.5) is 0 Å². The quantitative estimate of drug-likeness (QED) is 0.768. The summed E-state index contributed by atoms with van der Waals surface area (Å²) in [6.45, 7) is 4.79. The predicted octanol–water partition coefficient (Wildman–Crippen LogP) is 3.83. The average molecular weight is 250 g/mol. The summed E-state index contributed by atoms with van der Waals surface area (Å²) in [4.78, 5) is 9.35. The minimum Gasteiger partial charge on any atom is -0.255 e. The zero-order chi connectivity index (χ0) is 13.0. The van der Waals surface area contributed by atoms with Crippen molar-refractivity contribution in [2.24, 2.45) is 11.3 Å². The van der Waals surface area contributed by atoms with E-state index in [0.717, 1.165) is 17.3 Å². The smallest absolute Gasteiger partial charge is 0.0889 e. The van der Waals surface area contributed by atoms with Gasteiger partial charge in [0.1, 0.15) is 0 Å². The molecule has 2 heterocycles. The minimum atomic E-state index is 0.433. The molecule has 5 rings (SSSR count). The molecular weight excluding hydrogens is 232 g/mol. The van der Waals surface area contributed by atoms with Gasteiger partial charge in [-0.25, -0.2) is 0 Å². The molecular formula is C17H18N2. The monoisotopic (exact) mass is 250 g/mol. The lowest BCUT2D eigenvalue weighted by Gasteiger charge is -2.56. The molecule has 2 aromatic heterocycles. The second-order valence-corrected chi connectivity index (χ2v) is 6.47. The van der Waals surface area contributed by atoms with E-state index in [-0.39, 0.29) is 0 Å². The molecule has 2 heteroatoms. The zero-order valence-corrected chi connectivity index (χ0v) is 11.4. The van der Waals surface area contributed by atoms with E-state index in [1.165, 1.54) is 24.1 Å². The Morgan fingerprint density at radius 1 is 1.11 bits per heavy atom. The summed E-state index contributed by atoms with van der Waals surface area (Å²) < 4.78 is 0. The van der Waals surface area contributed by atoms with Gasteiger partial charge < -0.3 is 0 Å². The highest BCUT2D eigenvalue weighted by molar-refractivity contribution is 5.55. The van der Waals surface area contributed by atoms with E-state index in [9.17, 15) is 0 Å². The van der Waals surface area contributed by atoms with E-state index >= 15 is 0 Å². The first kappa shape index (κ1) is 11.2. The van der Waals surface area contributed by atoms with E-state index in [2.05, 4.69) is 31.0 Å². The normalized spacial score (nSPS) is 26.4. The third kappa shape index (κ3) is 1.49. The Morgan fingerprint density at radius 3 is 2.74 bits per heavy atom. The van der Waals surface area contributed by atoms with Gasteiger partial charge in [-0.1, -0.05) is 26.0 Å². The summed E-state index contributed by atoms with van der Waals surface area (Å²) in [6, 6.07) is 10.4. The third-order valence-electron chi connectivity index (χ3n) is 5.21. The highest BCUT2D eigenvalue weighted by Gasteiger charge is 2.53. The first-order valence-corrected chi connectivity index (χ1v) is 7.07. The number of hydrogen-bond donors (Lipinski definition) is 0. The molecule has 0 amide bonds. The van der Waals surface area contributed by atoms with Crippen molar-refractivity contribution in [3.05, 3.63) is 47.8 Å². The van der Waals surface area contributed by atoms with Crippen LogP contribution in [-0.4, -0.2) is 9.97 Å². The molecule has 2 atom stereocenters. The van der Waals surface area contributed by atoms with Crippen molar-refractivity contribution < 1.29 is 0 Å². The summed E-state index contributed by atoms with van der Waals surface area (Å²) in [5.74, 6) is 1.50. The number of rotatable bonds is 1. The summed E-state index contributed by atoms with van der Waals surface area (Å²) >= 11 is 0. The van der Waals surface area contributed by atoms with Crippen molar-refractivity contribution >= 4 is 0 Å². The van der Waals surface area contributed by atoms with Crippen LogP contribution in [-0.2, 0) is 6.42 Å². The van der Waals surface area contributed by atoms with E-state index in [0.29, 0.717) is 11.3 Å². The van der Waals surface area contributed by atoms with Crippen molar-refractivity contribution in [1.82, 2.24) is 9.97 Å². The van der Waals surface area contributed by atoms with Crippen molar-refractivity contribution in [2.75, 3.05) is 0 Å². The molecule has 2 bridgehead atoms. The van der Waals surface area contributed by atoms with Crippen LogP contribution in [0.15, 0.2) is 36.5 Å². The largest absolute Gasteiger partial charge is 0.255 e. The molecule has 3 aliphatic carbocycles. The first-order valence-electron chi connectivity index (χ1n) is 7.07. The van der Waals surface area contributed by atoms with Gasteiger partial charge >= 0.3 is 0 Å². The van der Waals surface area contributed by atoms with E-state index in [4.69, 9.17) is 4.98 Å². The van der Waals surface area contributed by atoms with E-state index in [1.807, 2.05) is 24.4 Å². The van der Waals surface area contributed by atoms with Gasteiger partial charge in [0.15, 0.2) is 0 Å². The number of aromatic nitrogens is 2. The topological polar surface area (TPSA) is 25.8 Å². The van der Waals surface area contributed by atoms with Gasteiger partial charge in [-0.15, -0.1) is 0 Å². The Morgan fingerprint density at radius 2 is 2.00 bits per heavy atom. The Bertz CT molecular complexity index is 631. The molecule has 1 saturated carbocycles. The highest BCUT2D eigenvalue weighted by Crippen LogP contribution is 2.61. The lowest BCUT2D eigenvalue weighted by Crippen LogP contribution is -2.48. The molecule has 0 aliphatic heterocycles. The van der Waals surface area contributed by atoms with Crippen LogP contribution in [0.3, 0.4) is 0 Å². The van der Waals surface area contributed by atoms with Gasteiger partial charge in [0, 0.05) is 17.8 Å². The summed E-state index contributed by atoms with van der Waals surface area (Å²) in [5.41, 5.74) is 5.21. The second-order valence-electron chi connectivity index (χ2n) is 6.47. The van der Waals surface area contributed by atoms with Crippen LogP contribution in [0.5, 0.6) is 0 Å². The fourth-order valence-electron chi connectivity index (χ4n) is 3.73. The molecule has 19 heavy (non-hydrogen) atoms. The highest BCUT2D eigenvalue weighted by atomic mass is 14.8. The molecule has 0 N–H and O–H groups in total. The summed E-state index contributed by atoms with van der Waals surface area (Å²) in [5, 5.41) is 0. The van der Waals surface area contributed by atoms with Crippen LogP contribution >= 0.6 is 0 Å². The third-order valence-corrected chi connectivity index (χ3v) is 5.21. The van der Waals surface area contributed by atoms with Crippen LogP contribution in [0.25, 0.3) is 11.4 Å². The van der Waals surface area contributed by atoms with Crippen molar-refractivity contribution in [2.45, 2.75) is 32.6 Å². The Balaban J connectivity index is 1.81.